The summed E-state index contributed by atoms with van der Waals surface area (Å²) in [5, 5.41) is 0. The molecule has 0 spiro atoms. The van der Waals surface area contributed by atoms with Crippen LogP contribution >= 0.6 is 0 Å². The largest absolute Gasteiger partial charge is 0.243 e. The SMILES string of the molecule is CCCN(C1CCC1)S(=O)(=O)c1ccccc1. The zero-order chi connectivity index (χ0) is 12.3. The summed E-state index contributed by atoms with van der Waals surface area (Å²) in [6.45, 7) is 2.65. The minimum absolute atomic E-state index is 0.222. The second-order valence-corrected chi connectivity index (χ2v) is 6.40. The third-order valence-corrected chi connectivity index (χ3v) is 5.24. The lowest BCUT2D eigenvalue weighted by Crippen LogP contribution is -2.44. The Labute approximate surface area is 104 Å². The van der Waals surface area contributed by atoms with Gasteiger partial charge in [-0.05, 0) is 31.4 Å². The van der Waals surface area contributed by atoms with Crippen LogP contribution in [-0.4, -0.2) is 25.3 Å². The van der Waals surface area contributed by atoms with Crippen molar-refractivity contribution in [2.45, 2.75) is 43.5 Å². The van der Waals surface area contributed by atoms with E-state index in [-0.39, 0.29) is 6.04 Å². The second kappa shape index (κ2) is 5.19. The fraction of sp³-hybridized carbons (Fsp3) is 0.538. The maximum absolute atomic E-state index is 12.5. The van der Waals surface area contributed by atoms with Gasteiger partial charge in [0.25, 0.3) is 0 Å². The molecular formula is C13H19NO2S. The van der Waals surface area contributed by atoms with Gasteiger partial charge in [-0.25, -0.2) is 8.42 Å². The van der Waals surface area contributed by atoms with Crippen LogP contribution in [0.3, 0.4) is 0 Å². The van der Waals surface area contributed by atoms with Crippen LogP contribution in [-0.2, 0) is 10.0 Å². The number of hydrogen-bond donors (Lipinski definition) is 0. The maximum Gasteiger partial charge on any atom is 0.243 e. The molecule has 1 aliphatic carbocycles. The van der Waals surface area contributed by atoms with Crippen molar-refractivity contribution in [3.63, 3.8) is 0 Å². The summed E-state index contributed by atoms with van der Waals surface area (Å²) in [4.78, 5) is 0.417. The summed E-state index contributed by atoms with van der Waals surface area (Å²) in [5.74, 6) is 0. The molecule has 1 aromatic rings. The lowest BCUT2D eigenvalue weighted by molar-refractivity contribution is 0.219. The lowest BCUT2D eigenvalue weighted by atomic mass is 9.93. The molecule has 1 aliphatic rings. The number of rotatable bonds is 5. The molecule has 0 heterocycles. The van der Waals surface area contributed by atoms with E-state index < -0.39 is 10.0 Å². The molecule has 0 radical (unpaired) electrons. The number of hydrogen-bond acceptors (Lipinski definition) is 2. The highest BCUT2D eigenvalue weighted by Crippen LogP contribution is 2.29. The Bertz CT molecular complexity index is 452. The second-order valence-electron chi connectivity index (χ2n) is 4.51. The van der Waals surface area contributed by atoms with Gasteiger partial charge in [-0.2, -0.15) is 4.31 Å². The molecular weight excluding hydrogens is 234 g/mol. The quantitative estimate of drug-likeness (QED) is 0.809. The van der Waals surface area contributed by atoms with Gasteiger partial charge in [0.1, 0.15) is 0 Å². The summed E-state index contributed by atoms with van der Waals surface area (Å²) in [5.41, 5.74) is 0. The summed E-state index contributed by atoms with van der Waals surface area (Å²) in [6, 6.07) is 8.97. The molecule has 0 bridgehead atoms. The predicted molar refractivity (Wildman–Crippen MR) is 68.3 cm³/mol. The van der Waals surface area contributed by atoms with Gasteiger partial charge in [0, 0.05) is 12.6 Å². The Kier molecular flexibility index (Phi) is 3.84. The van der Waals surface area contributed by atoms with E-state index in [0.29, 0.717) is 11.4 Å². The van der Waals surface area contributed by atoms with E-state index in [1.54, 1.807) is 28.6 Å². The topological polar surface area (TPSA) is 37.4 Å². The normalized spacial score (nSPS) is 17.1. The van der Waals surface area contributed by atoms with Crippen LogP contribution in [0.25, 0.3) is 0 Å². The summed E-state index contributed by atoms with van der Waals surface area (Å²) in [6.07, 6.45) is 4.02. The molecule has 0 saturated heterocycles. The number of sulfonamides is 1. The molecule has 1 fully saturated rings. The van der Waals surface area contributed by atoms with Crippen LogP contribution in [0.1, 0.15) is 32.6 Å². The van der Waals surface area contributed by atoms with Crippen LogP contribution < -0.4 is 0 Å². The Balaban J connectivity index is 2.28. The summed E-state index contributed by atoms with van der Waals surface area (Å²) < 4.78 is 26.7. The van der Waals surface area contributed by atoms with E-state index >= 15 is 0 Å². The summed E-state index contributed by atoms with van der Waals surface area (Å²) in [7, 11) is -3.29. The third kappa shape index (κ3) is 2.53. The molecule has 17 heavy (non-hydrogen) atoms. The monoisotopic (exact) mass is 253 g/mol. The van der Waals surface area contributed by atoms with E-state index in [9.17, 15) is 8.42 Å². The standard InChI is InChI=1S/C13H19NO2S/c1-2-11-14(12-7-6-8-12)17(15,16)13-9-4-3-5-10-13/h3-5,9-10,12H,2,6-8,11H2,1H3. The number of benzene rings is 1. The first kappa shape index (κ1) is 12.6. The van der Waals surface area contributed by atoms with Gasteiger partial charge in [-0.15, -0.1) is 0 Å². The van der Waals surface area contributed by atoms with E-state index in [0.717, 1.165) is 25.7 Å². The fourth-order valence-electron chi connectivity index (χ4n) is 2.12. The molecule has 3 nitrogen and oxygen atoms in total. The average molecular weight is 253 g/mol. The minimum atomic E-state index is -3.29. The molecule has 2 rings (SSSR count). The van der Waals surface area contributed by atoms with Crippen molar-refractivity contribution in [1.82, 2.24) is 4.31 Å². The van der Waals surface area contributed by atoms with E-state index in [4.69, 9.17) is 0 Å². The van der Waals surface area contributed by atoms with E-state index in [1.807, 2.05) is 13.0 Å². The van der Waals surface area contributed by atoms with Gasteiger partial charge in [-0.1, -0.05) is 31.5 Å². The molecule has 0 atom stereocenters. The number of nitrogens with zero attached hydrogens (tertiary/aromatic N) is 1. The van der Waals surface area contributed by atoms with Crippen molar-refractivity contribution in [3.05, 3.63) is 30.3 Å². The zero-order valence-corrected chi connectivity index (χ0v) is 11.0. The highest BCUT2D eigenvalue weighted by molar-refractivity contribution is 7.89. The molecule has 0 aliphatic heterocycles. The zero-order valence-electron chi connectivity index (χ0n) is 10.2. The average Bonchev–Trinajstić information content (AvgIpc) is 2.27. The molecule has 4 heteroatoms. The third-order valence-electron chi connectivity index (χ3n) is 3.28. The van der Waals surface area contributed by atoms with Crippen molar-refractivity contribution in [2.75, 3.05) is 6.54 Å². The molecule has 0 aromatic heterocycles. The van der Waals surface area contributed by atoms with Crippen LogP contribution in [0.5, 0.6) is 0 Å². The van der Waals surface area contributed by atoms with Crippen molar-refractivity contribution >= 4 is 10.0 Å². The predicted octanol–water partition coefficient (Wildman–Crippen LogP) is 2.64. The lowest BCUT2D eigenvalue weighted by Gasteiger charge is -2.36. The minimum Gasteiger partial charge on any atom is -0.207 e. The Morgan fingerprint density at radius 1 is 1.24 bits per heavy atom. The fourth-order valence-corrected chi connectivity index (χ4v) is 3.92. The van der Waals surface area contributed by atoms with E-state index in [1.165, 1.54) is 0 Å². The molecule has 0 unspecified atom stereocenters. The first-order chi connectivity index (χ1) is 8.16. The first-order valence-corrected chi connectivity index (χ1v) is 7.67. The smallest absolute Gasteiger partial charge is 0.207 e. The van der Waals surface area contributed by atoms with Crippen LogP contribution in [0.4, 0.5) is 0 Å². The molecule has 0 N–H and O–H groups in total. The van der Waals surface area contributed by atoms with Crippen molar-refractivity contribution < 1.29 is 8.42 Å². The van der Waals surface area contributed by atoms with Crippen LogP contribution in [0.15, 0.2) is 35.2 Å². The Hall–Kier alpha value is -0.870. The van der Waals surface area contributed by atoms with Gasteiger partial charge in [0.15, 0.2) is 0 Å². The Morgan fingerprint density at radius 3 is 2.35 bits per heavy atom. The van der Waals surface area contributed by atoms with Crippen molar-refractivity contribution in [1.29, 1.82) is 0 Å². The van der Waals surface area contributed by atoms with Crippen molar-refractivity contribution in [2.24, 2.45) is 0 Å². The maximum atomic E-state index is 12.5. The first-order valence-electron chi connectivity index (χ1n) is 6.23. The van der Waals surface area contributed by atoms with Gasteiger partial charge in [-0.3, -0.25) is 0 Å². The summed E-state index contributed by atoms with van der Waals surface area (Å²) >= 11 is 0. The molecule has 0 amide bonds. The highest BCUT2D eigenvalue weighted by Gasteiger charge is 2.33. The highest BCUT2D eigenvalue weighted by atomic mass is 32.2. The Morgan fingerprint density at radius 2 is 1.88 bits per heavy atom. The van der Waals surface area contributed by atoms with Gasteiger partial charge >= 0.3 is 0 Å². The van der Waals surface area contributed by atoms with Gasteiger partial charge in [0.2, 0.25) is 10.0 Å². The van der Waals surface area contributed by atoms with Crippen LogP contribution in [0.2, 0.25) is 0 Å². The molecule has 94 valence electrons. The van der Waals surface area contributed by atoms with Gasteiger partial charge < -0.3 is 0 Å². The molecule has 1 aromatic carbocycles. The molecule has 1 saturated carbocycles. The van der Waals surface area contributed by atoms with E-state index in [2.05, 4.69) is 0 Å². The van der Waals surface area contributed by atoms with Crippen molar-refractivity contribution in [3.8, 4) is 0 Å². The van der Waals surface area contributed by atoms with Crippen LogP contribution in [0, 0.1) is 0 Å². The van der Waals surface area contributed by atoms with Gasteiger partial charge in [0.05, 0.1) is 4.90 Å².